The van der Waals surface area contributed by atoms with Crippen LogP contribution in [0.1, 0.15) is 37.7 Å². The molecule has 1 aromatic carbocycles. The van der Waals surface area contributed by atoms with Crippen LogP contribution in [0.15, 0.2) is 30.5 Å². The molecule has 3 heteroatoms. The van der Waals surface area contributed by atoms with E-state index in [1.165, 1.54) is 29.3 Å². The second kappa shape index (κ2) is 7.10. The Morgan fingerprint density at radius 3 is 2.81 bits per heavy atom. The van der Waals surface area contributed by atoms with Crippen molar-refractivity contribution in [1.29, 1.82) is 0 Å². The predicted octanol–water partition coefficient (Wildman–Crippen LogP) is 3.53. The van der Waals surface area contributed by atoms with Gasteiger partial charge in [-0.2, -0.15) is 0 Å². The van der Waals surface area contributed by atoms with E-state index in [1.807, 2.05) is 0 Å². The van der Waals surface area contributed by atoms with Gasteiger partial charge in [0.05, 0.1) is 6.61 Å². The first-order chi connectivity index (χ1) is 10.4. The summed E-state index contributed by atoms with van der Waals surface area (Å²) >= 11 is 0. The van der Waals surface area contributed by atoms with Crippen LogP contribution in [0.5, 0.6) is 0 Å². The SMILES string of the molecule is CCCOCCn1cc(C2CCNCC2)c2ccccc21. The Bertz CT molecular complexity index is 570. The molecule has 2 aromatic rings. The largest absolute Gasteiger partial charge is 0.380 e. The van der Waals surface area contributed by atoms with Crippen LogP contribution in [0.25, 0.3) is 10.9 Å². The zero-order valence-corrected chi connectivity index (χ0v) is 13.0. The molecule has 0 atom stereocenters. The smallest absolute Gasteiger partial charge is 0.0645 e. The Morgan fingerprint density at radius 2 is 2.00 bits per heavy atom. The minimum absolute atomic E-state index is 0.703. The van der Waals surface area contributed by atoms with Gasteiger partial charge in [0.1, 0.15) is 0 Å². The highest BCUT2D eigenvalue weighted by Gasteiger charge is 2.19. The molecule has 1 aromatic heterocycles. The molecule has 0 bridgehead atoms. The molecule has 0 spiro atoms. The fourth-order valence-corrected chi connectivity index (χ4v) is 3.33. The van der Waals surface area contributed by atoms with Crippen LogP contribution in [0.4, 0.5) is 0 Å². The third-order valence-corrected chi connectivity index (χ3v) is 4.42. The minimum atomic E-state index is 0.703. The minimum Gasteiger partial charge on any atom is -0.380 e. The summed E-state index contributed by atoms with van der Waals surface area (Å²) in [5, 5.41) is 4.89. The van der Waals surface area contributed by atoms with Gasteiger partial charge in [-0.05, 0) is 49.9 Å². The molecule has 3 nitrogen and oxygen atoms in total. The van der Waals surface area contributed by atoms with E-state index in [9.17, 15) is 0 Å². The van der Waals surface area contributed by atoms with E-state index in [0.717, 1.165) is 39.3 Å². The fourth-order valence-electron chi connectivity index (χ4n) is 3.33. The summed E-state index contributed by atoms with van der Waals surface area (Å²) in [4.78, 5) is 0. The molecular formula is C18H26N2O. The quantitative estimate of drug-likeness (QED) is 0.822. The third kappa shape index (κ3) is 3.30. The van der Waals surface area contributed by atoms with Crippen molar-refractivity contribution < 1.29 is 4.74 Å². The zero-order valence-electron chi connectivity index (χ0n) is 13.0. The van der Waals surface area contributed by atoms with Crippen LogP contribution in [0.3, 0.4) is 0 Å². The molecule has 0 radical (unpaired) electrons. The molecule has 0 unspecified atom stereocenters. The van der Waals surface area contributed by atoms with Gasteiger partial charge in [-0.3, -0.25) is 0 Å². The van der Waals surface area contributed by atoms with Crippen LogP contribution in [0.2, 0.25) is 0 Å². The fraction of sp³-hybridized carbons (Fsp3) is 0.556. The number of aromatic nitrogens is 1. The molecule has 21 heavy (non-hydrogen) atoms. The van der Waals surface area contributed by atoms with Crippen LogP contribution >= 0.6 is 0 Å². The lowest BCUT2D eigenvalue weighted by Gasteiger charge is -2.22. The second-order valence-electron chi connectivity index (χ2n) is 5.93. The van der Waals surface area contributed by atoms with Crippen molar-refractivity contribution in [2.24, 2.45) is 0 Å². The maximum Gasteiger partial charge on any atom is 0.0645 e. The summed E-state index contributed by atoms with van der Waals surface area (Å²) in [7, 11) is 0. The summed E-state index contributed by atoms with van der Waals surface area (Å²) in [6, 6.07) is 8.80. The predicted molar refractivity (Wildman–Crippen MR) is 87.9 cm³/mol. The summed E-state index contributed by atoms with van der Waals surface area (Å²) in [5.41, 5.74) is 2.88. The zero-order chi connectivity index (χ0) is 14.5. The third-order valence-electron chi connectivity index (χ3n) is 4.42. The number of piperidine rings is 1. The lowest BCUT2D eigenvalue weighted by Crippen LogP contribution is -2.26. The standard InChI is InChI=1S/C18H26N2O/c1-2-12-21-13-11-20-14-17(15-7-9-19-10-8-15)16-5-3-4-6-18(16)20/h3-6,14-15,19H,2,7-13H2,1H3. The van der Waals surface area contributed by atoms with Gasteiger partial charge in [0, 0.05) is 30.3 Å². The number of nitrogens with one attached hydrogen (secondary N) is 1. The Hall–Kier alpha value is -1.32. The second-order valence-corrected chi connectivity index (χ2v) is 5.93. The summed E-state index contributed by atoms with van der Waals surface area (Å²) in [6.07, 6.45) is 5.96. The molecule has 2 heterocycles. The number of rotatable bonds is 6. The van der Waals surface area contributed by atoms with Gasteiger partial charge in [-0.1, -0.05) is 25.1 Å². The van der Waals surface area contributed by atoms with Gasteiger partial charge >= 0.3 is 0 Å². The molecule has 114 valence electrons. The average molecular weight is 286 g/mol. The molecule has 3 rings (SSSR count). The van der Waals surface area contributed by atoms with Gasteiger partial charge in [0.25, 0.3) is 0 Å². The van der Waals surface area contributed by atoms with Gasteiger partial charge in [-0.25, -0.2) is 0 Å². The lowest BCUT2D eigenvalue weighted by molar-refractivity contribution is 0.127. The van der Waals surface area contributed by atoms with Gasteiger partial charge in [0.15, 0.2) is 0 Å². The van der Waals surface area contributed by atoms with Crippen molar-refractivity contribution >= 4 is 10.9 Å². The number of para-hydroxylation sites is 1. The summed E-state index contributed by atoms with van der Waals surface area (Å²) < 4.78 is 8.04. The maximum atomic E-state index is 5.66. The van der Waals surface area contributed by atoms with Gasteiger partial charge in [0.2, 0.25) is 0 Å². The Labute approximate surface area is 127 Å². The van der Waals surface area contributed by atoms with E-state index in [1.54, 1.807) is 0 Å². The number of benzene rings is 1. The molecule has 0 aliphatic carbocycles. The number of ether oxygens (including phenoxy) is 1. The highest BCUT2D eigenvalue weighted by Crippen LogP contribution is 2.32. The monoisotopic (exact) mass is 286 g/mol. The first-order valence-corrected chi connectivity index (χ1v) is 8.26. The van der Waals surface area contributed by atoms with Crippen molar-refractivity contribution in [3.8, 4) is 0 Å². The van der Waals surface area contributed by atoms with Gasteiger partial charge in [-0.15, -0.1) is 0 Å². The molecule has 1 aliphatic heterocycles. The van der Waals surface area contributed by atoms with E-state index in [0.29, 0.717) is 5.92 Å². The van der Waals surface area contributed by atoms with Crippen molar-refractivity contribution in [2.45, 2.75) is 38.6 Å². The van der Waals surface area contributed by atoms with Crippen molar-refractivity contribution in [2.75, 3.05) is 26.3 Å². The number of fused-ring (bicyclic) bond motifs is 1. The summed E-state index contributed by atoms with van der Waals surface area (Å²) in [5.74, 6) is 0.703. The Morgan fingerprint density at radius 1 is 1.19 bits per heavy atom. The van der Waals surface area contributed by atoms with Crippen molar-refractivity contribution in [3.63, 3.8) is 0 Å². The molecule has 1 N–H and O–H groups in total. The van der Waals surface area contributed by atoms with E-state index >= 15 is 0 Å². The highest BCUT2D eigenvalue weighted by atomic mass is 16.5. The molecule has 1 fully saturated rings. The van der Waals surface area contributed by atoms with Crippen LogP contribution in [0, 0.1) is 0 Å². The normalized spacial score (nSPS) is 16.6. The van der Waals surface area contributed by atoms with E-state index < -0.39 is 0 Å². The van der Waals surface area contributed by atoms with E-state index in [-0.39, 0.29) is 0 Å². The number of nitrogens with zero attached hydrogens (tertiary/aromatic N) is 1. The molecular weight excluding hydrogens is 260 g/mol. The van der Waals surface area contributed by atoms with Crippen molar-refractivity contribution in [3.05, 3.63) is 36.0 Å². The van der Waals surface area contributed by atoms with Crippen LogP contribution in [-0.2, 0) is 11.3 Å². The number of hydrogen-bond acceptors (Lipinski definition) is 2. The van der Waals surface area contributed by atoms with Crippen LogP contribution in [-0.4, -0.2) is 30.9 Å². The molecule has 0 amide bonds. The summed E-state index contributed by atoms with van der Waals surface area (Å²) in [6.45, 7) is 7.05. The van der Waals surface area contributed by atoms with Gasteiger partial charge < -0.3 is 14.6 Å². The maximum absolute atomic E-state index is 5.66. The average Bonchev–Trinajstić information content (AvgIpc) is 2.92. The topological polar surface area (TPSA) is 26.2 Å². The highest BCUT2D eigenvalue weighted by molar-refractivity contribution is 5.84. The first-order valence-electron chi connectivity index (χ1n) is 8.26. The van der Waals surface area contributed by atoms with Crippen LogP contribution < -0.4 is 5.32 Å². The molecule has 0 saturated carbocycles. The number of hydrogen-bond donors (Lipinski definition) is 1. The molecule has 1 saturated heterocycles. The first kappa shape index (κ1) is 14.6. The Kier molecular flexibility index (Phi) is 4.94. The van der Waals surface area contributed by atoms with Crippen molar-refractivity contribution in [1.82, 2.24) is 9.88 Å². The lowest BCUT2D eigenvalue weighted by atomic mass is 9.90. The van der Waals surface area contributed by atoms with E-state index in [4.69, 9.17) is 4.74 Å². The Balaban J connectivity index is 1.83. The van der Waals surface area contributed by atoms with E-state index in [2.05, 4.69) is 47.3 Å². The molecule has 1 aliphatic rings.